The van der Waals surface area contributed by atoms with Crippen molar-refractivity contribution < 1.29 is 9.47 Å². The van der Waals surface area contributed by atoms with E-state index in [1.165, 1.54) is 24.2 Å². The number of fused-ring (bicyclic) bond motifs is 1. The SMILES string of the molecule is CNC1CCC(C)(C)CC1Sc1ccc2c(c1)OCCO2. The van der Waals surface area contributed by atoms with Crippen molar-refractivity contribution in [3.8, 4) is 11.5 Å². The lowest BCUT2D eigenvalue weighted by molar-refractivity contribution is 0.171. The van der Waals surface area contributed by atoms with Crippen molar-refractivity contribution >= 4 is 11.8 Å². The number of benzene rings is 1. The predicted octanol–water partition coefficient (Wildman–Crippen LogP) is 3.72. The van der Waals surface area contributed by atoms with Gasteiger partial charge < -0.3 is 14.8 Å². The molecule has 1 aromatic carbocycles. The normalized spacial score (nSPS) is 27.4. The van der Waals surface area contributed by atoms with Crippen LogP contribution in [0.1, 0.15) is 33.1 Å². The Kier molecular flexibility index (Phi) is 4.36. The molecule has 1 aliphatic carbocycles. The molecule has 4 heteroatoms. The zero-order chi connectivity index (χ0) is 14.9. The molecule has 0 bridgehead atoms. The first-order valence-corrected chi connectivity index (χ1v) is 8.69. The van der Waals surface area contributed by atoms with Crippen molar-refractivity contribution in [2.75, 3.05) is 20.3 Å². The van der Waals surface area contributed by atoms with E-state index in [2.05, 4.69) is 38.3 Å². The molecule has 21 heavy (non-hydrogen) atoms. The molecule has 2 atom stereocenters. The third-order valence-electron chi connectivity index (χ3n) is 4.51. The molecule has 0 saturated heterocycles. The first-order chi connectivity index (χ1) is 10.1. The van der Waals surface area contributed by atoms with Gasteiger partial charge >= 0.3 is 0 Å². The van der Waals surface area contributed by atoms with E-state index in [0.29, 0.717) is 29.9 Å². The van der Waals surface area contributed by atoms with E-state index in [1.807, 2.05) is 17.8 Å². The van der Waals surface area contributed by atoms with E-state index in [4.69, 9.17) is 9.47 Å². The topological polar surface area (TPSA) is 30.5 Å². The Labute approximate surface area is 131 Å². The zero-order valence-corrected chi connectivity index (χ0v) is 14.0. The Hall–Kier alpha value is -0.870. The molecule has 1 aliphatic heterocycles. The average Bonchev–Trinajstić information content (AvgIpc) is 2.46. The highest BCUT2D eigenvalue weighted by molar-refractivity contribution is 8.00. The fourth-order valence-corrected chi connectivity index (χ4v) is 4.89. The second-order valence-corrected chi connectivity index (χ2v) is 8.08. The lowest BCUT2D eigenvalue weighted by Gasteiger charge is -2.40. The van der Waals surface area contributed by atoms with Crippen LogP contribution in [0.25, 0.3) is 0 Å². The molecular formula is C17H25NO2S. The summed E-state index contributed by atoms with van der Waals surface area (Å²) in [6.45, 7) is 6.07. The second kappa shape index (κ2) is 6.09. The molecule has 0 spiro atoms. The Morgan fingerprint density at radius 3 is 2.71 bits per heavy atom. The highest BCUT2D eigenvalue weighted by Gasteiger charge is 2.34. The van der Waals surface area contributed by atoms with E-state index in [0.717, 1.165) is 11.5 Å². The third-order valence-corrected chi connectivity index (χ3v) is 5.83. The van der Waals surface area contributed by atoms with Crippen LogP contribution in [-0.4, -0.2) is 31.6 Å². The number of hydrogen-bond donors (Lipinski definition) is 1. The van der Waals surface area contributed by atoms with Crippen LogP contribution in [0, 0.1) is 5.41 Å². The molecule has 1 N–H and O–H groups in total. The lowest BCUT2D eigenvalue weighted by Crippen LogP contribution is -2.43. The summed E-state index contributed by atoms with van der Waals surface area (Å²) in [5.74, 6) is 1.77. The summed E-state index contributed by atoms with van der Waals surface area (Å²) in [5.41, 5.74) is 0.443. The van der Waals surface area contributed by atoms with Crippen molar-refractivity contribution in [1.82, 2.24) is 5.32 Å². The standard InChI is InChI=1S/C17H25NO2S/c1-17(2)7-6-13(18-3)16(11-17)21-12-4-5-14-15(10-12)20-9-8-19-14/h4-5,10,13,16,18H,6-9,11H2,1-3H3. The fraction of sp³-hybridized carbons (Fsp3) is 0.647. The minimum atomic E-state index is 0.443. The van der Waals surface area contributed by atoms with Gasteiger partial charge in [-0.15, -0.1) is 11.8 Å². The molecule has 2 unspecified atom stereocenters. The molecule has 1 saturated carbocycles. The minimum Gasteiger partial charge on any atom is -0.486 e. The zero-order valence-electron chi connectivity index (χ0n) is 13.1. The summed E-state index contributed by atoms with van der Waals surface area (Å²) in [4.78, 5) is 1.28. The largest absolute Gasteiger partial charge is 0.486 e. The Morgan fingerprint density at radius 2 is 1.95 bits per heavy atom. The first kappa shape index (κ1) is 15.0. The van der Waals surface area contributed by atoms with Crippen molar-refractivity contribution in [1.29, 1.82) is 0 Å². The molecule has 2 aliphatic rings. The molecule has 116 valence electrons. The number of thioether (sulfide) groups is 1. The fourth-order valence-electron chi connectivity index (χ4n) is 3.25. The van der Waals surface area contributed by atoms with Gasteiger partial charge in [0.05, 0.1) is 0 Å². The van der Waals surface area contributed by atoms with Crippen LogP contribution in [0.2, 0.25) is 0 Å². The van der Waals surface area contributed by atoms with Gasteiger partial charge in [-0.2, -0.15) is 0 Å². The monoisotopic (exact) mass is 307 g/mol. The lowest BCUT2D eigenvalue weighted by atomic mass is 9.75. The summed E-state index contributed by atoms with van der Waals surface area (Å²) in [6.07, 6.45) is 3.81. The maximum atomic E-state index is 5.69. The quantitative estimate of drug-likeness (QED) is 0.922. The maximum Gasteiger partial charge on any atom is 0.162 e. The van der Waals surface area contributed by atoms with E-state index in [9.17, 15) is 0 Å². The van der Waals surface area contributed by atoms with Crippen LogP contribution >= 0.6 is 11.8 Å². The molecule has 1 heterocycles. The van der Waals surface area contributed by atoms with Gasteiger partial charge in [-0.1, -0.05) is 13.8 Å². The van der Waals surface area contributed by atoms with Gasteiger partial charge in [0.25, 0.3) is 0 Å². The van der Waals surface area contributed by atoms with Crippen LogP contribution in [0.5, 0.6) is 11.5 Å². The molecule has 0 radical (unpaired) electrons. The number of rotatable bonds is 3. The highest BCUT2D eigenvalue weighted by atomic mass is 32.2. The molecule has 1 fully saturated rings. The molecule has 0 aromatic heterocycles. The predicted molar refractivity (Wildman–Crippen MR) is 87.6 cm³/mol. The van der Waals surface area contributed by atoms with E-state index in [-0.39, 0.29) is 0 Å². The van der Waals surface area contributed by atoms with E-state index < -0.39 is 0 Å². The summed E-state index contributed by atoms with van der Waals surface area (Å²) in [7, 11) is 2.08. The molecule has 0 amide bonds. The van der Waals surface area contributed by atoms with Crippen LogP contribution in [0.3, 0.4) is 0 Å². The van der Waals surface area contributed by atoms with Crippen molar-refractivity contribution in [2.45, 2.75) is 49.3 Å². The van der Waals surface area contributed by atoms with Gasteiger partial charge in [-0.25, -0.2) is 0 Å². The van der Waals surface area contributed by atoms with Crippen molar-refractivity contribution in [3.63, 3.8) is 0 Å². The van der Waals surface area contributed by atoms with Crippen LogP contribution in [0.4, 0.5) is 0 Å². The van der Waals surface area contributed by atoms with Gasteiger partial charge in [0, 0.05) is 16.2 Å². The minimum absolute atomic E-state index is 0.443. The van der Waals surface area contributed by atoms with Crippen molar-refractivity contribution in [2.24, 2.45) is 5.41 Å². The van der Waals surface area contributed by atoms with Gasteiger partial charge in [0.1, 0.15) is 13.2 Å². The highest BCUT2D eigenvalue weighted by Crippen LogP contribution is 2.44. The van der Waals surface area contributed by atoms with Crippen molar-refractivity contribution in [3.05, 3.63) is 18.2 Å². The summed E-state index contributed by atoms with van der Waals surface area (Å²) >= 11 is 1.97. The Bertz CT molecular complexity index is 504. The van der Waals surface area contributed by atoms with Crippen LogP contribution in [-0.2, 0) is 0 Å². The number of hydrogen-bond acceptors (Lipinski definition) is 4. The van der Waals surface area contributed by atoms with Gasteiger partial charge in [-0.3, -0.25) is 0 Å². The number of nitrogens with one attached hydrogen (secondary N) is 1. The summed E-state index contributed by atoms with van der Waals surface area (Å²) < 4.78 is 11.3. The summed E-state index contributed by atoms with van der Waals surface area (Å²) in [6, 6.07) is 6.93. The molecule has 1 aromatic rings. The Morgan fingerprint density at radius 1 is 1.19 bits per heavy atom. The number of ether oxygens (including phenoxy) is 2. The van der Waals surface area contributed by atoms with Gasteiger partial charge in [-0.05, 0) is 49.9 Å². The van der Waals surface area contributed by atoms with Gasteiger partial charge in [0.2, 0.25) is 0 Å². The average molecular weight is 307 g/mol. The second-order valence-electron chi connectivity index (χ2n) is 6.76. The molecule has 3 nitrogen and oxygen atoms in total. The summed E-state index contributed by atoms with van der Waals surface area (Å²) in [5, 5.41) is 4.11. The molecule has 3 rings (SSSR count). The first-order valence-electron chi connectivity index (χ1n) is 7.81. The Balaban J connectivity index is 1.74. The van der Waals surface area contributed by atoms with Gasteiger partial charge in [0.15, 0.2) is 11.5 Å². The third kappa shape index (κ3) is 3.49. The maximum absolute atomic E-state index is 5.69. The van der Waals surface area contributed by atoms with E-state index >= 15 is 0 Å². The van der Waals surface area contributed by atoms with Crippen LogP contribution in [0.15, 0.2) is 23.1 Å². The van der Waals surface area contributed by atoms with E-state index in [1.54, 1.807) is 0 Å². The molecular weight excluding hydrogens is 282 g/mol. The smallest absolute Gasteiger partial charge is 0.162 e. The van der Waals surface area contributed by atoms with Crippen LogP contribution < -0.4 is 14.8 Å².